The van der Waals surface area contributed by atoms with E-state index in [9.17, 15) is 13.2 Å². The van der Waals surface area contributed by atoms with Gasteiger partial charge in [0.25, 0.3) is 0 Å². The molecule has 1 saturated heterocycles. The number of hydrogen-bond acceptors (Lipinski definition) is 4. The molecule has 1 aliphatic heterocycles. The maximum absolute atomic E-state index is 12.2. The highest BCUT2D eigenvalue weighted by Gasteiger charge is 2.35. The lowest BCUT2D eigenvalue weighted by molar-refractivity contribution is -0.127. The summed E-state index contributed by atoms with van der Waals surface area (Å²) in [7, 11) is -3.35. The standard InChI is InChI=1S/C17H26N2O3S.ClH/c1-17(13-18)9-10-19(14-17)16(20)12-23(21,22)11-5-8-15-6-3-2-4-7-15;/h2-4,6-7H,5,8-14,18H2,1H3;1H. The minimum atomic E-state index is -3.35. The summed E-state index contributed by atoms with van der Waals surface area (Å²) in [6.07, 6.45) is 2.09. The van der Waals surface area contributed by atoms with E-state index in [1.165, 1.54) is 0 Å². The summed E-state index contributed by atoms with van der Waals surface area (Å²) in [6, 6.07) is 9.78. The predicted molar refractivity (Wildman–Crippen MR) is 99.0 cm³/mol. The van der Waals surface area contributed by atoms with Crippen molar-refractivity contribution in [3.8, 4) is 0 Å². The summed E-state index contributed by atoms with van der Waals surface area (Å²) in [5, 5.41) is 0. The van der Waals surface area contributed by atoms with Crippen molar-refractivity contribution in [3.05, 3.63) is 35.9 Å². The van der Waals surface area contributed by atoms with E-state index in [0.29, 0.717) is 32.5 Å². The topological polar surface area (TPSA) is 80.5 Å². The second kappa shape index (κ2) is 8.83. The van der Waals surface area contributed by atoms with E-state index in [2.05, 4.69) is 0 Å². The number of benzene rings is 1. The molecule has 136 valence electrons. The van der Waals surface area contributed by atoms with Crippen LogP contribution in [-0.2, 0) is 21.1 Å². The number of aryl methyl sites for hydroxylation is 1. The van der Waals surface area contributed by atoms with Crippen molar-refractivity contribution in [2.45, 2.75) is 26.2 Å². The number of halogens is 1. The summed E-state index contributed by atoms with van der Waals surface area (Å²) < 4.78 is 24.3. The number of rotatable bonds is 7. The predicted octanol–water partition coefficient (Wildman–Crippen LogP) is 1.65. The SMILES string of the molecule is CC1(CN)CCN(C(=O)CS(=O)(=O)CCCc2ccccc2)C1.Cl. The number of nitrogens with two attached hydrogens (primary N) is 1. The average molecular weight is 375 g/mol. The molecule has 0 spiro atoms. The van der Waals surface area contributed by atoms with Gasteiger partial charge in [0.2, 0.25) is 5.91 Å². The van der Waals surface area contributed by atoms with Crippen LogP contribution < -0.4 is 5.73 Å². The fraction of sp³-hybridized carbons (Fsp3) is 0.588. The quantitative estimate of drug-likeness (QED) is 0.786. The highest BCUT2D eigenvalue weighted by Crippen LogP contribution is 2.28. The lowest BCUT2D eigenvalue weighted by Gasteiger charge is -2.22. The molecule has 24 heavy (non-hydrogen) atoms. The molecule has 1 fully saturated rings. The van der Waals surface area contributed by atoms with Crippen molar-refractivity contribution >= 4 is 28.2 Å². The van der Waals surface area contributed by atoms with Crippen molar-refractivity contribution in [2.75, 3.05) is 31.1 Å². The van der Waals surface area contributed by atoms with Crippen molar-refractivity contribution in [2.24, 2.45) is 11.1 Å². The van der Waals surface area contributed by atoms with Gasteiger partial charge in [-0.05, 0) is 36.8 Å². The van der Waals surface area contributed by atoms with Crippen LogP contribution in [-0.4, -0.2) is 50.4 Å². The maximum atomic E-state index is 12.2. The molecule has 5 nitrogen and oxygen atoms in total. The van der Waals surface area contributed by atoms with E-state index in [1.54, 1.807) is 4.90 Å². The Bertz CT molecular complexity index is 636. The molecule has 1 aromatic carbocycles. The summed E-state index contributed by atoms with van der Waals surface area (Å²) in [5.74, 6) is -0.625. The van der Waals surface area contributed by atoms with E-state index in [4.69, 9.17) is 5.73 Å². The first-order chi connectivity index (χ1) is 10.8. The number of amides is 1. The van der Waals surface area contributed by atoms with Crippen molar-refractivity contribution in [3.63, 3.8) is 0 Å². The Morgan fingerprint density at radius 3 is 2.54 bits per heavy atom. The van der Waals surface area contributed by atoms with Crippen LogP contribution in [0.5, 0.6) is 0 Å². The highest BCUT2D eigenvalue weighted by atomic mass is 35.5. The smallest absolute Gasteiger partial charge is 0.237 e. The number of carbonyl (C=O) groups is 1. The summed E-state index contributed by atoms with van der Waals surface area (Å²) >= 11 is 0. The largest absolute Gasteiger partial charge is 0.341 e. The number of hydrogen-bond donors (Lipinski definition) is 1. The average Bonchev–Trinajstić information content (AvgIpc) is 2.91. The molecule has 7 heteroatoms. The van der Waals surface area contributed by atoms with E-state index in [-0.39, 0.29) is 35.2 Å². The molecular formula is C17H27ClN2O3S. The molecule has 0 aliphatic carbocycles. The van der Waals surface area contributed by atoms with Crippen LogP contribution in [0.1, 0.15) is 25.3 Å². The second-order valence-corrected chi connectivity index (χ2v) is 8.95. The third-order valence-corrected chi connectivity index (χ3v) is 6.11. The van der Waals surface area contributed by atoms with Crippen LogP contribution >= 0.6 is 12.4 Å². The molecule has 0 aromatic heterocycles. The van der Waals surface area contributed by atoms with Gasteiger partial charge in [0, 0.05) is 13.1 Å². The van der Waals surface area contributed by atoms with E-state index < -0.39 is 9.84 Å². The summed E-state index contributed by atoms with van der Waals surface area (Å²) in [4.78, 5) is 13.8. The van der Waals surface area contributed by atoms with Gasteiger partial charge in [0.05, 0.1) is 5.75 Å². The first-order valence-electron chi connectivity index (χ1n) is 8.06. The van der Waals surface area contributed by atoms with Crippen LogP contribution in [0.4, 0.5) is 0 Å². The lowest BCUT2D eigenvalue weighted by atomic mass is 9.90. The summed E-state index contributed by atoms with van der Waals surface area (Å²) in [6.45, 7) is 3.71. The normalized spacial score (nSPS) is 20.7. The van der Waals surface area contributed by atoms with E-state index in [0.717, 1.165) is 12.0 Å². The molecule has 1 aromatic rings. The zero-order chi connectivity index (χ0) is 16.9. The lowest BCUT2D eigenvalue weighted by Crippen LogP contribution is -2.37. The number of likely N-dealkylation sites (tertiary alicyclic amines) is 1. The first-order valence-corrected chi connectivity index (χ1v) is 9.88. The third-order valence-electron chi connectivity index (χ3n) is 4.51. The Morgan fingerprint density at radius 2 is 1.96 bits per heavy atom. The zero-order valence-electron chi connectivity index (χ0n) is 14.1. The van der Waals surface area contributed by atoms with E-state index in [1.807, 2.05) is 37.3 Å². The first kappa shape index (κ1) is 20.9. The van der Waals surface area contributed by atoms with Crippen LogP contribution in [0.3, 0.4) is 0 Å². The van der Waals surface area contributed by atoms with E-state index >= 15 is 0 Å². The minimum Gasteiger partial charge on any atom is -0.341 e. The fourth-order valence-electron chi connectivity index (χ4n) is 2.90. The van der Waals surface area contributed by atoms with Gasteiger partial charge < -0.3 is 10.6 Å². The van der Waals surface area contributed by atoms with Gasteiger partial charge in [-0.2, -0.15) is 0 Å². The van der Waals surface area contributed by atoms with Gasteiger partial charge in [-0.1, -0.05) is 37.3 Å². The van der Waals surface area contributed by atoms with Crippen LogP contribution in [0, 0.1) is 5.41 Å². The number of sulfone groups is 1. The maximum Gasteiger partial charge on any atom is 0.237 e. The Hall–Kier alpha value is -1.11. The van der Waals surface area contributed by atoms with Crippen LogP contribution in [0.2, 0.25) is 0 Å². The molecule has 1 atom stereocenters. The third kappa shape index (κ3) is 6.07. The van der Waals surface area contributed by atoms with Gasteiger partial charge >= 0.3 is 0 Å². The molecule has 0 saturated carbocycles. The van der Waals surface area contributed by atoms with Crippen LogP contribution in [0.25, 0.3) is 0 Å². The molecule has 2 rings (SSSR count). The van der Waals surface area contributed by atoms with Gasteiger partial charge in [-0.3, -0.25) is 4.79 Å². The molecule has 1 heterocycles. The molecule has 1 unspecified atom stereocenters. The second-order valence-electron chi connectivity index (χ2n) is 6.76. The fourth-order valence-corrected chi connectivity index (χ4v) is 4.18. The number of carbonyl (C=O) groups excluding carboxylic acids is 1. The minimum absolute atomic E-state index is 0. The molecule has 1 amide bonds. The molecule has 0 radical (unpaired) electrons. The van der Waals surface area contributed by atoms with Gasteiger partial charge in [0.1, 0.15) is 5.75 Å². The highest BCUT2D eigenvalue weighted by molar-refractivity contribution is 7.92. The number of nitrogens with zero attached hydrogens (tertiary/aromatic N) is 1. The Morgan fingerprint density at radius 1 is 1.29 bits per heavy atom. The van der Waals surface area contributed by atoms with Crippen LogP contribution in [0.15, 0.2) is 30.3 Å². The van der Waals surface area contributed by atoms with Gasteiger partial charge in [-0.25, -0.2) is 8.42 Å². The molecule has 0 bridgehead atoms. The van der Waals surface area contributed by atoms with Crippen molar-refractivity contribution < 1.29 is 13.2 Å². The molecule has 2 N–H and O–H groups in total. The Balaban J connectivity index is 0.00000288. The van der Waals surface area contributed by atoms with Gasteiger partial charge in [-0.15, -0.1) is 12.4 Å². The zero-order valence-corrected chi connectivity index (χ0v) is 15.7. The summed E-state index contributed by atoms with van der Waals surface area (Å²) in [5.41, 5.74) is 6.76. The Labute approximate surface area is 150 Å². The van der Waals surface area contributed by atoms with Gasteiger partial charge in [0.15, 0.2) is 9.84 Å². The molecular weight excluding hydrogens is 348 g/mol. The monoisotopic (exact) mass is 374 g/mol. The van der Waals surface area contributed by atoms with Crippen molar-refractivity contribution in [1.29, 1.82) is 0 Å². The van der Waals surface area contributed by atoms with Crippen molar-refractivity contribution in [1.82, 2.24) is 4.90 Å². The molecule has 1 aliphatic rings. The Kier molecular flexibility index (Phi) is 7.70.